The Morgan fingerprint density at radius 2 is 1.78 bits per heavy atom. The highest BCUT2D eigenvalue weighted by atomic mass is 16.7. The number of unbranched alkanes of at least 4 members (excludes halogenated alkanes) is 2. The summed E-state index contributed by atoms with van der Waals surface area (Å²) in [6, 6.07) is 0. The van der Waals surface area contributed by atoms with Crippen LogP contribution in [0.15, 0.2) is 23.9 Å². The number of carbonyl (C=O) groups excluding carboxylic acids is 1. The van der Waals surface area contributed by atoms with Crippen LogP contribution in [0.25, 0.3) is 0 Å². The van der Waals surface area contributed by atoms with Crippen LogP contribution >= 0.6 is 0 Å². The third-order valence-electron chi connectivity index (χ3n) is 6.42. The first-order valence-electron chi connectivity index (χ1n) is 12.7. The highest BCUT2D eigenvalue weighted by molar-refractivity contribution is 5.99. The molecule has 2 aliphatic heterocycles. The van der Waals surface area contributed by atoms with Crippen LogP contribution in [0.3, 0.4) is 0 Å². The van der Waals surface area contributed by atoms with Crippen molar-refractivity contribution in [2.45, 2.75) is 102 Å². The van der Waals surface area contributed by atoms with Crippen LogP contribution in [0.2, 0.25) is 0 Å². The fourth-order valence-electron chi connectivity index (χ4n) is 4.69. The molecule has 2 saturated heterocycles. The fraction of sp³-hybridized carbons (Fsp3) is 0.808. The van der Waals surface area contributed by atoms with Gasteiger partial charge in [0, 0.05) is 51.4 Å². The van der Waals surface area contributed by atoms with Crippen LogP contribution in [0.5, 0.6) is 0 Å². The number of hydrogen-bond acceptors (Lipinski definition) is 6. The van der Waals surface area contributed by atoms with E-state index in [-0.39, 0.29) is 36.5 Å². The zero-order valence-corrected chi connectivity index (χ0v) is 20.3. The third kappa shape index (κ3) is 7.98. The van der Waals surface area contributed by atoms with Gasteiger partial charge in [0.25, 0.3) is 0 Å². The number of ether oxygens (including phenoxy) is 4. The molecule has 0 aromatic heterocycles. The maximum absolute atomic E-state index is 12.8. The highest BCUT2D eigenvalue weighted by Gasteiger charge is 2.39. The van der Waals surface area contributed by atoms with Gasteiger partial charge in [-0.2, -0.15) is 0 Å². The molecule has 0 aromatic carbocycles. The van der Waals surface area contributed by atoms with Crippen LogP contribution < -0.4 is 0 Å². The molecule has 6 heteroatoms. The van der Waals surface area contributed by atoms with Crippen LogP contribution in [-0.2, 0) is 23.7 Å². The van der Waals surface area contributed by atoms with E-state index in [4.69, 9.17) is 18.9 Å². The summed E-state index contributed by atoms with van der Waals surface area (Å²) in [5.74, 6) is 0.0770. The van der Waals surface area contributed by atoms with E-state index >= 15 is 0 Å². The molecule has 0 aromatic rings. The van der Waals surface area contributed by atoms with E-state index in [9.17, 15) is 4.79 Å². The largest absolute Gasteiger partial charge is 0.383 e. The summed E-state index contributed by atoms with van der Waals surface area (Å²) in [6.45, 7) is 3.73. The van der Waals surface area contributed by atoms with E-state index < -0.39 is 0 Å². The fourth-order valence-corrected chi connectivity index (χ4v) is 4.69. The second-order valence-electron chi connectivity index (χ2n) is 9.52. The lowest BCUT2D eigenvalue weighted by Crippen LogP contribution is -2.30. The zero-order valence-electron chi connectivity index (χ0n) is 20.3. The molecule has 6 nitrogen and oxygen atoms in total. The first-order chi connectivity index (χ1) is 15.6. The van der Waals surface area contributed by atoms with Gasteiger partial charge in [0.05, 0.1) is 12.2 Å². The topological polar surface area (TPSA) is 57.2 Å². The number of Topliss-reactive ketones (excluding diaryl/α,β-unsaturated/α-hetero) is 1. The lowest BCUT2D eigenvalue weighted by molar-refractivity contribution is -0.190. The molecule has 32 heavy (non-hydrogen) atoms. The van der Waals surface area contributed by atoms with E-state index in [2.05, 4.69) is 19.1 Å². The Labute approximate surface area is 194 Å². The van der Waals surface area contributed by atoms with Gasteiger partial charge in [-0.25, -0.2) is 0 Å². The van der Waals surface area contributed by atoms with Crippen molar-refractivity contribution in [3.05, 3.63) is 23.9 Å². The Bertz CT molecular complexity index is 620. The quantitative estimate of drug-likeness (QED) is 0.252. The standard InChI is InChI=1S/C26H43NO5/c1-4-5-6-11-20(31-25-12-7-9-16-29-25)14-15-21-22(19-27(2)3)23(28)18-24(21)32-26-13-8-10-17-30-26/h14-15,19-21,24-26H,4-13,16-18H2,1-3H3/b15-14+,22-19?. The van der Waals surface area contributed by atoms with Gasteiger partial charge in [-0.3, -0.25) is 4.79 Å². The van der Waals surface area contributed by atoms with Crippen molar-refractivity contribution in [1.29, 1.82) is 0 Å². The smallest absolute Gasteiger partial charge is 0.163 e. The van der Waals surface area contributed by atoms with E-state index in [1.165, 1.54) is 12.8 Å². The Balaban J connectivity index is 1.72. The second kappa shape index (κ2) is 13.5. The number of hydrogen-bond donors (Lipinski definition) is 0. The maximum Gasteiger partial charge on any atom is 0.163 e. The van der Waals surface area contributed by atoms with E-state index in [0.29, 0.717) is 6.42 Å². The molecule has 1 aliphatic carbocycles. The molecule has 0 radical (unpaired) electrons. The molecular weight excluding hydrogens is 406 g/mol. The lowest BCUT2D eigenvalue weighted by Gasteiger charge is -2.28. The summed E-state index contributed by atoms with van der Waals surface area (Å²) in [5, 5.41) is 0. The van der Waals surface area contributed by atoms with Gasteiger partial charge in [0.2, 0.25) is 0 Å². The van der Waals surface area contributed by atoms with Crippen LogP contribution in [0.4, 0.5) is 0 Å². The van der Waals surface area contributed by atoms with Crippen LogP contribution in [0, 0.1) is 5.92 Å². The first kappa shape index (κ1) is 25.4. The normalized spacial score (nSPS) is 31.5. The van der Waals surface area contributed by atoms with Crippen molar-refractivity contribution in [3.8, 4) is 0 Å². The second-order valence-corrected chi connectivity index (χ2v) is 9.52. The summed E-state index contributed by atoms with van der Waals surface area (Å²) in [7, 11) is 3.91. The highest BCUT2D eigenvalue weighted by Crippen LogP contribution is 2.35. The first-order valence-corrected chi connectivity index (χ1v) is 12.7. The monoisotopic (exact) mass is 449 g/mol. The van der Waals surface area contributed by atoms with Crippen LogP contribution in [0.1, 0.15) is 77.6 Å². The summed E-state index contributed by atoms with van der Waals surface area (Å²) in [4.78, 5) is 14.8. The van der Waals surface area contributed by atoms with Gasteiger partial charge in [0.1, 0.15) is 0 Å². The molecule has 5 atom stereocenters. The van der Waals surface area contributed by atoms with Gasteiger partial charge in [0.15, 0.2) is 18.4 Å². The Hall–Kier alpha value is -1.21. The molecule has 2 heterocycles. The van der Waals surface area contributed by atoms with Crippen LogP contribution in [-0.4, -0.2) is 62.8 Å². The Kier molecular flexibility index (Phi) is 10.7. The van der Waals surface area contributed by atoms with E-state index in [1.807, 2.05) is 25.2 Å². The molecule has 3 rings (SSSR count). The molecule has 0 spiro atoms. The molecule has 3 fully saturated rings. The predicted octanol–water partition coefficient (Wildman–Crippen LogP) is 4.98. The van der Waals surface area contributed by atoms with Crippen molar-refractivity contribution in [1.82, 2.24) is 4.90 Å². The average molecular weight is 450 g/mol. The minimum atomic E-state index is -0.205. The third-order valence-corrected chi connectivity index (χ3v) is 6.42. The molecule has 0 N–H and O–H groups in total. The van der Waals surface area contributed by atoms with Crippen molar-refractivity contribution in [2.75, 3.05) is 27.3 Å². The van der Waals surface area contributed by atoms with Crippen molar-refractivity contribution >= 4 is 5.78 Å². The summed E-state index contributed by atoms with van der Waals surface area (Å²) >= 11 is 0. The number of nitrogens with zero attached hydrogens (tertiary/aromatic N) is 1. The van der Waals surface area contributed by atoms with E-state index in [1.54, 1.807) is 0 Å². The minimum absolute atomic E-state index is 0.00691. The Morgan fingerprint density at radius 3 is 2.41 bits per heavy atom. The molecule has 0 amide bonds. The van der Waals surface area contributed by atoms with Gasteiger partial charge < -0.3 is 23.8 Å². The molecular formula is C26H43NO5. The summed E-state index contributed by atoms with van der Waals surface area (Å²) < 4.78 is 24.3. The van der Waals surface area contributed by atoms with E-state index in [0.717, 1.165) is 70.2 Å². The lowest BCUT2D eigenvalue weighted by atomic mass is 9.98. The number of rotatable bonds is 11. The molecule has 182 valence electrons. The van der Waals surface area contributed by atoms with Crippen molar-refractivity contribution in [3.63, 3.8) is 0 Å². The molecule has 3 aliphatic rings. The zero-order chi connectivity index (χ0) is 22.8. The number of carbonyl (C=O) groups is 1. The van der Waals surface area contributed by atoms with Gasteiger partial charge in [-0.15, -0.1) is 0 Å². The minimum Gasteiger partial charge on any atom is -0.383 e. The number of ketones is 1. The predicted molar refractivity (Wildman–Crippen MR) is 125 cm³/mol. The van der Waals surface area contributed by atoms with Crippen molar-refractivity contribution < 1.29 is 23.7 Å². The van der Waals surface area contributed by atoms with Gasteiger partial charge in [-0.05, 0) is 44.9 Å². The maximum atomic E-state index is 12.8. The SMILES string of the molecule is CCCCCC(/C=C/C1C(=CN(C)C)C(=O)CC1OC1CCCCO1)OC1CCCCO1. The summed E-state index contributed by atoms with van der Waals surface area (Å²) in [5.41, 5.74) is 0.813. The Morgan fingerprint density at radius 1 is 1.06 bits per heavy atom. The van der Waals surface area contributed by atoms with Gasteiger partial charge in [-0.1, -0.05) is 38.3 Å². The molecule has 5 unspecified atom stereocenters. The van der Waals surface area contributed by atoms with Crippen molar-refractivity contribution in [2.24, 2.45) is 5.92 Å². The summed E-state index contributed by atoms with van der Waals surface area (Å²) in [6.07, 6.45) is 16.9. The van der Waals surface area contributed by atoms with Gasteiger partial charge >= 0.3 is 0 Å². The average Bonchev–Trinajstić information content (AvgIpc) is 3.06. The molecule has 0 bridgehead atoms. The molecule has 1 saturated carbocycles.